The first-order valence-corrected chi connectivity index (χ1v) is 9.51. The normalized spacial score (nSPS) is 10.9. The number of sulfonamides is 1. The van der Waals surface area contributed by atoms with Crippen LogP contribution in [0.15, 0.2) is 46.5 Å². The topological polar surface area (TPSA) is 99.9 Å². The van der Waals surface area contributed by atoms with Gasteiger partial charge < -0.3 is 0 Å². The maximum atomic E-state index is 12.4. The fourth-order valence-electron chi connectivity index (χ4n) is 1.94. The van der Waals surface area contributed by atoms with Crippen LogP contribution >= 0.6 is 11.8 Å². The van der Waals surface area contributed by atoms with E-state index in [1.807, 2.05) is 17.7 Å². The lowest BCUT2D eigenvalue weighted by molar-refractivity contribution is 0.0981. The molecule has 0 bridgehead atoms. The minimum atomic E-state index is -4.07. The number of amides is 1. The van der Waals surface area contributed by atoms with Crippen molar-refractivity contribution in [3.05, 3.63) is 53.2 Å². The molecule has 1 aromatic carbocycles. The summed E-state index contributed by atoms with van der Waals surface area (Å²) in [6.45, 7) is 3.58. The molecule has 2 aromatic rings. The van der Waals surface area contributed by atoms with Crippen LogP contribution < -0.4 is 4.72 Å². The van der Waals surface area contributed by atoms with Gasteiger partial charge in [-0.15, -0.1) is 11.8 Å². The van der Waals surface area contributed by atoms with Crippen molar-refractivity contribution in [2.75, 3.05) is 5.75 Å². The summed E-state index contributed by atoms with van der Waals surface area (Å²) in [6.07, 6.45) is 1.33. The Morgan fingerprint density at radius 1 is 1.33 bits per heavy atom. The van der Waals surface area contributed by atoms with E-state index in [9.17, 15) is 13.2 Å². The van der Waals surface area contributed by atoms with Crippen molar-refractivity contribution in [3.8, 4) is 6.07 Å². The van der Waals surface area contributed by atoms with E-state index >= 15 is 0 Å². The third kappa shape index (κ3) is 4.13. The third-order valence-electron chi connectivity index (χ3n) is 3.12. The Bertz CT molecular complexity index is 901. The summed E-state index contributed by atoms with van der Waals surface area (Å²) < 4.78 is 26.8. The van der Waals surface area contributed by atoms with Gasteiger partial charge in [-0.1, -0.05) is 13.0 Å². The SMILES string of the molecule is CCSc1ccc(C(=O)NS(=O)(=O)c2cc(C#N)ccc2C)cn1. The summed E-state index contributed by atoms with van der Waals surface area (Å²) in [6, 6.07) is 9.35. The molecule has 0 aliphatic heterocycles. The van der Waals surface area contributed by atoms with Gasteiger partial charge in [-0.2, -0.15) is 5.26 Å². The molecule has 0 atom stereocenters. The first-order valence-electron chi connectivity index (χ1n) is 7.04. The van der Waals surface area contributed by atoms with Crippen LogP contribution in [0.5, 0.6) is 0 Å². The number of nitrogens with one attached hydrogen (secondary N) is 1. The highest BCUT2D eigenvalue weighted by Gasteiger charge is 2.21. The second-order valence-electron chi connectivity index (χ2n) is 4.84. The Labute approximate surface area is 145 Å². The maximum absolute atomic E-state index is 12.4. The van der Waals surface area contributed by atoms with Gasteiger partial charge in [0.1, 0.15) is 0 Å². The van der Waals surface area contributed by atoms with Gasteiger partial charge in [0, 0.05) is 6.20 Å². The lowest BCUT2D eigenvalue weighted by Gasteiger charge is -2.10. The number of thioether (sulfide) groups is 1. The monoisotopic (exact) mass is 361 g/mol. The summed E-state index contributed by atoms with van der Waals surface area (Å²) >= 11 is 1.52. The Morgan fingerprint density at radius 2 is 2.08 bits per heavy atom. The predicted octanol–water partition coefficient (Wildman–Crippen LogP) is 2.49. The van der Waals surface area contributed by atoms with E-state index in [0.29, 0.717) is 5.56 Å². The number of hydrogen-bond acceptors (Lipinski definition) is 6. The zero-order valence-electron chi connectivity index (χ0n) is 13.1. The smallest absolute Gasteiger partial charge is 0.266 e. The highest BCUT2D eigenvalue weighted by Crippen LogP contribution is 2.18. The maximum Gasteiger partial charge on any atom is 0.266 e. The highest BCUT2D eigenvalue weighted by molar-refractivity contribution is 7.99. The quantitative estimate of drug-likeness (QED) is 0.821. The molecule has 0 aliphatic carbocycles. The molecule has 0 saturated heterocycles. The Balaban J connectivity index is 2.26. The number of hydrogen-bond donors (Lipinski definition) is 1. The van der Waals surface area contributed by atoms with Crippen LogP contribution in [0.2, 0.25) is 0 Å². The summed E-state index contributed by atoms with van der Waals surface area (Å²) in [4.78, 5) is 16.2. The molecule has 1 N–H and O–H groups in total. The summed E-state index contributed by atoms with van der Waals surface area (Å²) in [5.74, 6) is 0.0823. The molecule has 24 heavy (non-hydrogen) atoms. The van der Waals surface area contributed by atoms with Crippen molar-refractivity contribution >= 4 is 27.7 Å². The molecule has 0 unspecified atom stereocenters. The Hall–Kier alpha value is -2.37. The number of nitrogens with zero attached hydrogens (tertiary/aromatic N) is 2. The molecule has 1 aromatic heterocycles. The predicted molar refractivity (Wildman–Crippen MR) is 91.2 cm³/mol. The molecule has 8 heteroatoms. The van der Waals surface area contributed by atoms with E-state index < -0.39 is 15.9 Å². The number of rotatable bonds is 5. The van der Waals surface area contributed by atoms with Gasteiger partial charge in [0.05, 0.1) is 27.1 Å². The Kier molecular flexibility index (Phi) is 5.59. The Morgan fingerprint density at radius 3 is 2.67 bits per heavy atom. The molecule has 0 saturated carbocycles. The molecule has 0 fully saturated rings. The molecular weight excluding hydrogens is 346 g/mol. The fraction of sp³-hybridized carbons (Fsp3) is 0.188. The van der Waals surface area contributed by atoms with Crippen LogP contribution in [0.1, 0.15) is 28.4 Å². The highest BCUT2D eigenvalue weighted by atomic mass is 32.2. The number of carbonyl (C=O) groups excluding carboxylic acids is 1. The van der Waals surface area contributed by atoms with Gasteiger partial charge in [0.25, 0.3) is 15.9 Å². The number of carbonyl (C=O) groups is 1. The average molecular weight is 361 g/mol. The van der Waals surface area contributed by atoms with E-state index in [1.165, 1.54) is 42.2 Å². The van der Waals surface area contributed by atoms with E-state index in [2.05, 4.69) is 4.98 Å². The summed E-state index contributed by atoms with van der Waals surface area (Å²) in [5, 5.41) is 9.66. The minimum absolute atomic E-state index is 0.0963. The van der Waals surface area contributed by atoms with Crippen molar-refractivity contribution in [3.63, 3.8) is 0 Å². The van der Waals surface area contributed by atoms with Crippen molar-refractivity contribution in [2.45, 2.75) is 23.8 Å². The number of aryl methyl sites for hydroxylation is 1. The van der Waals surface area contributed by atoms with Gasteiger partial charge in [-0.05, 0) is 42.5 Å². The van der Waals surface area contributed by atoms with Crippen LogP contribution in [-0.4, -0.2) is 25.1 Å². The number of benzene rings is 1. The van der Waals surface area contributed by atoms with Gasteiger partial charge in [0.15, 0.2) is 0 Å². The third-order valence-corrected chi connectivity index (χ3v) is 5.42. The van der Waals surface area contributed by atoms with Crippen molar-refractivity contribution in [1.82, 2.24) is 9.71 Å². The van der Waals surface area contributed by atoms with E-state index in [4.69, 9.17) is 5.26 Å². The molecule has 0 radical (unpaired) electrons. The molecule has 124 valence electrons. The number of pyridine rings is 1. The standard InChI is InChI=1S/C16H15N3O3S2/c1-3-23-15-7-6-13(10-18-15)16(20)19-24(21,22)14-8-12(9-17)5-4-11(14)2/h4-8,10H,3H2,1-2H3,(H,19,20). The molecule has 6 nitrogen and oxygen atoms in total. The van der Waals surface area contributed by atoms with Crippen LogP contribution in [0.3, 0.4) is 0 Å². The molecule has 1 amide bonds. The largest absolute Gasteiger partial charge is 0.268 e. The van der Waals surface area contributed by atoms with Gasteiger partial charge in [-0.25, -0.2) is 18.1 Å². The van der Waals surface area contributed by atoms with Crippen molar-refractivity contribution < 1.29 is 13.2 Å². The molecule has 0 spiro atoms. The lowest BCUT2D eigenvalue weighted by atomic mass is 10.2. The summed E-state index contributed by atoms with van der Waals surface area (Å²) in [7, 11) is -4.07. The van der Waals surface area contributed by atoms with E-state index in [1.54, 1.807) is 13.0 Å². The van der Waals surface area contributed by atoms with Gasteiger partial charge in [0.2, 0.25) is 0 Å². The van der Waals surface area contributed by atoms with Crippen molar-refractivity contribution in [1.29, 1.82) is 5.26 Å². The second-order valence-corrected chi connectivity index (χ2v) is 7.78. The number of aromatic nitrogens is 1. The van der Waals surface area contributed by atoms with Crippen LogP contribution in [0.4, 0.5) is 0 Å². The molecular formula is C16H15N3O3S2. The number of nitriles is 1. The first kappa shape index (κ1) is 18.0. The van der Waals surface area contributed by atoms with Crippen LogP contribution in [0.25, 0.3) is 0 Å². The van der Waals surface area contributed by atoms with Crippen LogP contribution in [-0.2, 0) is 10.0 Å². The molecule has 1 heterocycles. The molecule has 0 aliphatic rings. The first-order chi connectivity index (χ1) is 11.4. The van der Waals surface area contributed by atoms with Gasteiger partial charge >= 0.3 is 0 Å². The average Bonchev–Trinajstić information content (AvgIpc) is 2.55. The van der Waals surface area contributed by atoms with E-state index in [-0.39, 0.29) is 16.0 Å². The van der Waals surface area contributed by atoms with Crippen LogP contribution in [0, 0.1) is 18.3 Å². The second kappa shape index (κ2) is 7.47. The minimum Gasteiger partial charge on any atom is -0.268 e. The van der Waals surface area contributed by atoms with Crippen molar-refractivity contribution in [2.24, 2.45) is 0 Å². The van der Waals surface area contributed by atoms with E-state index in [0.717, 1.165) is 10.8 Å². The fourth-order valence-corrected chi connectivity index (χ4v) is 3.78. The molecule has 2 rings (SSSR count). The lowest BCUT2D eigenvalue weighted by Crippen LogP contribution is -2.31. The van der Waals surface area contributed by atoms with Gasteiger partial charge in [-0.3, -0.25) is 4.79 Å². The zero-order valence-corrected chi connectivity index (χ0v) is 14.7. The summed E-state index contributed by atoms with van der Waals surface area (Å²) in [5.41, 5.74) is 0.797. The zero-order chi connectivity index (χ0) is 17.7.